The minimum absolute atomic E-state index is 0.00168. The molecule has 3 aromatic rings. The lowest BCUT2D eigenvalue weighted by Gasteiger charge is -2.11. The molecule has 126 valence electrons. The van der Waals surface area contributed by atoms with Gasteiger partial charge in [-0.25, -0.2) is 4.39 Å². The molecule has 2 N–H and O–H groups in total. The minimum atomic E-state index is -0.558. The highest BCUT2D eigenvalue weighted by molar-refractivity contribution is 7.71. The largest absolute Gasteiger partial charge is 0.494 e. The highest BCUT2D eigenvalue weighted by Crippen LogP contribution is 2.20. The summed E-state index contributed by atoms with van der Waals surface area (Å²) in [4.78, 5) is 18.9. The Labute approximate surface area is 147 Å². The second-order valence-electron chi connectivity index (χ2n) is 5.41. The second kappa shape index (κ2) is 6.82. The average molecular weight is 355 g/mol. The van der Waals surface area contributed by atoms with Gasteiger partial charge in [-0.05, 0) is 61.1 Å². The highest BCUT2D eigenvalue weighted by atomic mass is 32.1. The first kappa shape index (κ1) is 16.8. The molecule has 0 amide bonds. The lowest BCUT2D eigenvalue weighted by molar-refractivity contribution is 0.432. The van der Waals surface area contributed by atoms with Crippen molar-refractivity contribution in [1.29, 1.82) is 0 Å². The molecule has 0 atom stereocenters. The van der Waals surface area contributed by atoms with Crippen LogP contribution in [0.5, 0.6) is 5.88 Å². The predicted molar refractivity (Wildman–Crippen MR) is 97.3 cm³/mol. The molecule has 0 aliphatic carbocycles. The van der Waals surface area contributed by atoms with Crippen molar-refractivity contribution in [2.75, 3.05) is 0 Å². The van der Waals surface area contributed by atoms with Gasteiger partial charge < -0.3 is 5.11 Å². The molecule has 2 aromatic carbocycles. The van der Waals surface area contributed by atoms with Crippen LogP contribution in [0.4, 0.5) is 10.1 Å². The second-order valence-corrected chi connectivity index (χ2v) is 5.79. The quantitative estimate of drug-likeness (QED) is 0.555. The summed E-state index contributed by atoms with van der Waals surface area (Å²) in [5.74, 6) is -0.780. The van der Waals surface area contributed by atoms with Crippen molar-refractivity contribution in [3.05, 3.63) is 80.6 Å². The molecule has 0 aliphatic rings. The lowest BCUT2D eigenvalue weighted by Crippen LogP contribution is -2.18. The Morgan fingerprint density at radius 1 is 1.24 bits per heavy atom. The fraction of sp³-hybridized carbons (Fsp3) is 0.0556. The standard InChI is InChI=1S/C18H14FN3O2S/c1-11-3-2-4-13(9-11)20-10-15-16(23)21-18(25)22(17(15)24)14-7-5-12(19)6-8-14/h2-10,24H,1H3,(H,21,23,25). The molecule has 0 unspecified atom stereocenters. The fourth-order valence-electron chi connectivity index (χ4n) is 2.33. The van der Waals surface area contributed by atoms with Gasteiger partial charge in [0.2, 0.25) is 5.88 Å². The molecule has 0 radical (unpaired) electrons. The van der Waals surface area contributed by atoms with Crippen LogP contribution in [0.1, 0.15) is 11.1 Å². The smallest absolute Gasteiger partial charge is 0.264 e. The first-order valence-corrected chi connectivity index (χ1v) is 7.81. The number of H-pyrrole nitrogens is 1. The van der Waals surface area contributed by atoms with Crippen LogP contribution in [0.2, 0.25) is 0 Å². The highest BCUT2D eigenvalue weighted by Gasteiger charge is 2.12. The molecule has 0 spiro atoms. The number of aromatic amines is 1. The Morgan fingerprint density at radius 2 is 1.96 bits per heavy atom. The van der Waals surface area contributed by atoms with Crippen molar-refractivity contribution in [3.8, 4) is 11.6 Å². The first-order chi connectivity index (χ1) is 12.0. The van der Waals surface area contributed by atoms with E-state index in [2.05, 4.69) is 9.98 Å². The zero-order valence-electron chi connectivity index (χ0n) is 13.2. The average Bonchev–Trinajstić information content (AvgIpc) is 2.56. The van der Waals surface area contributed by atoms with Gasteiger partial charge >= 0.3 is 0 Å². The van der Waals surface area contributed by atoms with E-state index in [1.807, 2.05) is 25.1 Å². The Morgan fingerprint density at radius 3 is 2.64 bits per heavy atom. The van der Waals surface area contributed by atoms with Crippen molar-refractivity contribution in [2.45, 2.75) is 6.92 Å². The molecule has 0 saturated heterocycles. The van der Waals surface area contributed by atoms with Crippen molar-refractivity contribution in [1.82, 2.24) is 9.55 Å². The van der Waals surface area contributed by atoms with E-state index >= 15 is 0 Å². The number of rotatable bonds is 3. The van der Waals surface area contributed by atoms with Crippen LogP contribution in [0.25, 0.3) is 5.69 Å². The van der Waals surface area contributed by atoms with Crippen LogP contribution < -0.4 is 5.56 Å². The van der Waals surface area contributed by atoms with Gasteiger partial charge in [0.15, 0.2) is 4.77 Å². The van der Waals surface area contributed by atoms with E-state index in [9.17, 15) is 14.3 Å². The van der Waals surface area contributed by atoms with Crippen LogP contribution in [0.15, 0.2) is 58.3 Å². The summed E-state index contributed by atoms with van der Waals surface area (Å²) >= 11 is 5.11. The van der Waals surface area contributed by atoms with E-state index in [1.54, 1.807) is 6.07 Å². The third-order valence-corrected chi connectivity index (χ3v) is 3.83. The third kappa shape index (κ3) is 3.56. The third-order valence-electron chi connectivity index (χ3n) is 3.55. The summed E-state index contributed by atoms with van der Waals surface area (Å²) < 4.78 is 14.4. The predicted octanol–water partition coefficient (Wildman–Crippen LogP) is 3.80. The number of aliphatic imine (C=N–C) groups is 1. The van der Waals surface area contributed by atoms with Gasteiger partial charge in [0.05, 0.1) is 11.4 Å². The lowest BCUT2D eigenvalue weighted by atomic mass is 10.2. The summed E-state index contributed by atoms with van der Waals surface area (Å²) in [6.07, 6.45) is 1.28. The van der Waals surface area contributed by atoms with E-state index in [-0.39, 0.29) is 16.2 Å². The molecule has 0 fully saturated rings. The van der Waals surface area contributed by atoms with Gasteiger partial charge in [-0.1, -0.05) is 12.1 Å². The van der Waals surface area contributed by atoms with Gasteiger partial charge in [0.1, 0.15) is 11.4 Å². The van der Waals surface area contributed by atoms with Crippen LogP contribution in [-0.4, -0.2) is 20.9 Å². The summed E-state index contributed by atoms with van der Waals surface area (Å²) in [5, 5.41) is 10.5. The molecule has 1 aromatic heterocycles. The minimum Gasteiger partial charge on any atom is -0.494 e. The van der Waals surface area contributed by atoms with E-state index in [0.717, 1.165) is 5.56 Å². The van der Waals surface area contributed by atoms with Crippen LogP contribution in [0.3, 0.4) is 0 Å². The van der Waals surface area contributed by atoms with Crippen molar-refractivity contribution in [2.24, 2.45) is 4.99 Å². The zero-order valence-corrected chi connectivity index (χ0v) is 14.0. The Balaban J connectivity index is 2.12. The van der Waals surface area contributed by atoms with Gasteiger partial charge in [-0.3, -0.25) is 19.3 Å². The van der Waals surface area contributed by atoms with Crippen LogP contribution >= 0.6 is 12.2 Å². The van der Waals surface area contributed by atoms with Crippen molar-refractivity contribution in [3.63, 3.8) is 0 Å². The summed E-state index contributed by atoms with van der Waals surface area (Å²) in [6, 6.07) is 12.8. The van der Waals surface area contributed by atoms with Crippen LogP contribution in [0, 0.1) is 17.5 Å². The van der Waals surface area contributed by atoms with E-state index in [4.69, 9.17) is 12.2 Å². The Bertz CT molecular complexity index is 1070. The first-order valence-electron chi connectivity index (χ1n) is 7.40. The molecular formula is C18H14FN3O2S. The number of hydrogen-bond acceptors (Lipinski definition) is 4. The SMILES string of the molecule is Cc1cccc(N=Cc2c(O)n(-c3ccc(F)cc3)c(=S)[nH]c2=O)c1. The summed E-state index contributed by atoms with van der Waals surface area (Å²) in [7, 11) is 0. The maximum atomic E-state index is 13.1. The molecule has 0 aliphatic heterocycles. The van der Waals surface area contributed by atoms with Gasteiger partial charge in [0.25, 0.3) is 5.56 Å². The summed E-state index contributed by atoms with van der Waals surface area (Å²) in [6.45, 7) is 1.93. The number of aryl methyl sites for hydroxylation is 1. The normalized spacial score (nSPS) is 11.1. The number of halogens is 1. The number of nitrogens with one attached hydrogen (secondary N) is 1. The molecule has 1 heterocycles. The van der Waals surface area contributed by atoms with Crippen LogP contribution in [-0.2, 0) is 0 Å². The van der Waals surface area contributed by atoms with Gasteiger partial charge in [-0.2, -0.15) is 0 Å². The maximum absolute atomic E-state index is 13.1. The molecule has 5 nitrogen and oxygen atoms in total. The van der Waals surface area contributed by atoms with E-state index in [1.165, 1.54) is 35.0 Å². The van der Waals surface area contributed by atoms with Gasteiger partial charge in [-0.15, -0.1) is 0 Å². The van der Waals surface area contributed by atoms with Crippen molar-refractivity contribution < 1.29 is 9.50 Å². The number of hydrogen-bond donors (Lipinski definition) is 2. The molecular weight excluding hydrogens is 341 g/mol. The monoisotopic (exact) mass is 355 g/mol. The maximum Gasteiger partial charge on any atom is 0.264 e. The molecule has 25 heavy (non-hydrogen) atoms. The number of benzene rings is 2. The molecule has 3 rings (SSSR count). The number of nitrogens with zero attached hydrogens (tertiary/aromatic N) is 2. The van der Waals surface area contributed by atoms with E-state index < -0.39 is 11.4 Å². The van der Waals surface area contributed by atoms with E-state index in [0.29, 0.717) is 11.4 Å². The number of aromatic hydroxyl groups is 1. The fourth-order valence-corrected chi connectivity index (χ4v) is 2.62. The molecule has 7 heteroatoms. The molecule has 0 saturated carbocycles. The van der Waals surface area contributed by atoms with Crippen molar-refractivity contribution >= 4 is 24.1 Å². The molecule has 0 bridgehead atoms. The summed E-state index contributed by atoms with van der Waals surface area (Å²) in [5.41, 5.74) is 1.49. The zero-order chi connectivity index (χ0) is 18.0. The topological polar surface area (TPSA) is 70.4 Å². The number of aromatic nitrogens is 2. The van der Waals surface area contributed by atoms with Gasteiger partial charge in [0, 0.05) is 6.21 Å². The Kier molecular flexibility index (Phi) is 4.58. The Hall–Kier alpha value is -3.06.